The van der Waals surface area contributed by atoms with E-state index in [-0.39, 0.29) is 6.61 Å². The van der Waals surface area contributed by atoms with E-state index in [0.717, 1.165) is 50.8 Å². The van der Waals surface area contributed by atoms with Gasteiger partial charge in [-0.2, -0.15) is 5.10 Å². The molecule has 1 aromatic carbocycles. The number of carbonyl (C=O) groups is 1. The lowest BCUT2D eigenvalue weighted by Crippen LogP contribution is -2.23. The fourth-order valence-electron chi connectivity index (χ4n) is 5.40. The molecule has 174 valence electrons. The number of carboxylic acid groups (broad SMARTS) is 1. The van der Waals surface area contributed by atoms with Crippen LogP contribution in [0.3, 0.4) is 0 Å². The van der Waals surface area contributed by atoms with Gasteiger partial charge in [-0.1, -0.05) is 48.6 Å². The summed E-state index contributed by atoms with van der Waals surface area (Å²) >= 11 is 0. The lowest BCUT2D eigenvalue weighted by atomic mass is 9.82. The molecule has 0 spiro atoms. The van der Waals surface area contributed by atoms with E-state index < -0.39 is 5.97 Å². The largest absolute Gasteiger partial charge is 0.480 e. The van der Waals surface area contributed by atoms with Gasteiger partial charge in [0, 0.05) is 23.7 Å². The SMILES string of the molecule is O=C(O)COCC1CCC(Cn2nc(C3=CCCC=C3)c(-c3ccccc3)c2C2CC2)CC1. The highest BCUT2D eigenvalue weighted by Crippen LogP contribution is 2.47. The quantitative estimate of drug-likeness (QED) is 0.508. The molecular formula is C28H34N2O3. The van der Waals surface area contributed by atoms with Gasteiger partial charge in [0.25, 0.3) is 0 Å². The Morgan fingerprint density at radius 3 is 2.45 bits per heavy atom. The number of nitrogens with zero attached hydrogens (tertiary/aromatic N) is 2. The lowest BCUT2D eigenvalue weighted by Gasteiger charge is -2.28. The van der Waals surface area contributed by atoms with Crippen LogP contribution in [0, 0.1) is 11.8 Å². The fourth-order valence-corrected chi connectivity index (χ4v) is 5.40. The Bertz CT molecular complexity index is 1020. The average Bonchev–Trinajstić information content (AvgIpc) is 3.62. The number of hydrogen-bond donors (Lipinski definition) is 1. The topological polar surface area (TPSA) is 64.3 Å². The van der Waals surface area contributed by atoms with Gasteiger partial charge in [-0.3, -0.25) is 4.68 Å². The van der Waals surface area contributed by atoms with Gasteiger partial charge in [0.1, 0.15) is 12.3 Å². The van der Waals surface area contributed by atoms with E-state index >= 15 is 0 Å². The van der Waals surface area contributed by atoms with Crippen LogP contribution in [0.25, 0.3) is 16.7 Å². The maximum absolute atomic E-state index is 10.7. The highest BCUT2D eigenvalue weighted by Gasteiger charge is 2.34. The predicted octanol–water partition coefficient (Wildman–Crippen LogP) is 6.07. The molecule has 5 heteroatoms. The standard InChI is InChI=1S/C28H34N2O3/c31-25(32)19-33-18-21-13-11-20(12-14-21)17-30-28(24-15-16-24)26(22-7-3-1-4-8-22)27(29-30)23-9-5-2-6-10-23/h1,3-5,7-10,20-21,24H,2,6,11-19H2,(H,31,32). The maximum Gasteiger partial charge on any atom is 0.329 e. The molecular weight excluding hydrogens is 412 g/mol. The highest BCUT2D eigenvalue weighted by molar-refractivity contribution is 5.85. The van der Waals surface area contributed by atoms with Gasteiger partial charge < -0.3 is 9.84 Å². The first-order valence-electron chi connectivity index (χ1n) is 12.5. The van der Waals surface area contributed by atoms with Crippen molar-refractivity contribution in [2.75, 3.05) is 13.2 Å². The van der Waals surface area contributed by atoms with Crippen molar-refractivity contribution >= 4 is 11.5 Å². The zero-order chi connectivity index (χ0) is 22.6. The summed E-state index contributed by atoms with van der Waals surface area (Å²) in [7, 11) is 0. The lowest BCUT2D eigenvalue weighted by molar-refractivity contribution is -0.142. The number of ether oxygens (including phenoxy) is 1. The highest BCUT2D eigenvalue weighted by atomic mass is 16.5. The first-order valence-corrected chi connectivity index (χ1v) is 12.5. The molecule has 2 fully saturated rings. The summed E-state index contributed by atoms with van der Waals surface area (Å²) in [5.41, 5.74) is 6.46. The number of benzene rings is 1. The normalized spacial score (nSPS) is 22.8. The number of hydrogen-bond acceptors (Lipinski definition) is 3. The number of carboxylic acids is 1. The summed E-state index contributed by atoms with van der Waals surface area (Å²) in [6, 6.07) is 10.8. The van der Waals surface area contributed by atoms with Crippen LogP contribution in [0.2, 0.25) is 0 Å². The minimum absolute atomic E-state index is 0.187. The average molecular weight is 447 g/mol. The summed E-state index contributed by atoms with van der Waals surface area (Å²) in [5, 5.41) is 14.0. The Kier molecular flexibility index (Phi) is 6.77. The Balaban J connectivity index is 1.37. The Morgan fingerprint density at radius 2 is 1.79 bits per heavy atom. The summed E-state index contributed by atoms with van der Waals surface area (Å²) in [6.45, 7) is 1.36. The molecule has 0 saturated heterocycles. The maximum atomic E-state index is 10.7. The molecule has 5 rings (SSSR count). The van der Waals surface area contributed by atoms with Crippen LogP contribution < -0.4 is 0 Å². The second-order valence-electron chi connectivity index (χ2n) is 9.87. The second kappa shape index (κ2) is 10.1. The van der Waals surface area contributed by atoms with Crippen LogP contribution in [-0.4, -0.2) is 34.1 Å². The van der Waals surface area contributed by atoms with E-state index in [2.05, 4.69) is 53.2 Å². The molecule has 2 saturated carbocycles. The van der Waals surface area contributed by atoms with Crippen molar-refractivity contribution in [3.63, 3.8) is 0 Å². The van der Waals surface area contributed by atoms with E-state index in [1.807, 2.05) is 0 Å². The van der Waals surface area contributed by atoms with Gasteiger partial charge in [0.05, 0.1) is 6.61 Å². The molecule has 0 radical (unpaired) electrons. The first-order chi connectivity index (χ1) is 16.2. The summed E-state index contributed by atoms with van der Waals surface area (Å²) < 4.78 is 7.70. The van der Waals surface area contributed by atoms with Crippen molar-refractivity contribution in [3.8, 4) is 11.1 Å². The van der Waals surface area contributed by atoms with Crippen LogP contribution in [0.4, 0.5) is 0 Å². The van der Waals surface area contributed by atoms with Gasteiger partial charge in [-0.15, -0.1) is 0 Å². The third kappa shape index (κ3) is 5.30. The Morgan fingerprint density at radius 1 is 1.03 bits per heavy atom. The number of aliphatic carboxylic acids is 1. The number of rotatable bonds is 9. The monoisotopic (exact) mass is 446 g/mol. The van der Waals surface area contributed by atoms with E-state index in [9.17, 15) is 4.79 Å². The number of aromatic nitrogens is 2. The van der Waals surface area contributed by atoms with Gasteiger partial charge in [-0.05, 0) is 74.3 Å². The van der Waals surface area contributed by atoms with Crippen LogP contribution in [0.1, 0.15) is 68.7 Å². The molecule has 1 N–H and O–H groups in total. The fraction of sp³-hybridized carbons (Fsp3) is 0.500. The molecule has 3 aliphatic rings. The molecule has 0 unspecified atom stereocenters. The molecule has 3 aliphatic carbocycles. The van der Waals surface area contributed by atoms with Crippen LogP contribution in [0.5, 0.6) is 0 Å². The van der Waals surface area contributed by atoms with Crippen molar-refractivity contribution in [3.05, 3.63) is 59.9 Å². The second-order valence-corrected chi connectivity index (χ2v) is 9.87. The minimum Gasteiger partial charge on any atom is -0.480 e. The van der Waals surface area contributed by atoms with Crippen LogP contribution in [-0.2, 0) is 16.1 Å². The Hall–Kier alpha value is -2.66. The summed E-state index contributed by atoms with van der Waals surface area (Å²) in [4.78, 5) is 10.7. The Labute approximate surface area is 196 Å². The third-order valence-electron chi connectivity index (χ3n) is 7.26. The predicted molar refractivity (Wildman–Crippen MR) is 130 cm³/mol. The van der Waals surface area contributed by atoms with Gasteiger partial charge >= 0.3 is 5.97 Å². The van der Waals surface area contributed by atoms with Crippen molar-refractivity contribution in [2.24, 2.45) is 11.8 Å². The first kappa shape index (κ1) is 22.1. The molecule has 1 aromatic heterocycles. The van der Waals surface area contributed by atoms with Gasteiger partial charge in [0.2, 0.25) is 0 Å². The van der Waals surface area contributed by atoms with E-state index in [0.29, 0.717) is 24.4 Å². The molecule has 0 amide bonds. The van der Waals surface area contributed by atoms with E-state index in [1.54, 1.807) is 0 Å². The van der Waals surface area contributed by atoms with Gasteiger partial charge in [-0.25, -0.2) is 4.79 Å². The molecule has 0 aliphatic heterocycles. The summed E-state index contributed by atoms with van der Waals surface area (Å²) in [6.07, 6.45) is 16.1. The van der Waals surface area contributed by atoms with Gasteiger partial charge in [0.15, 0.2) is 0 Å². The molecule has 0 atom stereocenters. The van der Waals surface area contributed by atoms with Crippen LogP contribution in [0.15, 0.2) is 48.6 Å². The molecule has 2 aromatic rings. The summed E-state index contributed by atoms with van der Waals surface area (Å²) in [5.74, 6) is 0.831. The molecule has 5 nitrogen and oxygen atoms in total. The van der Waals surface area contributed by atoms with Crippen molar-refractivity contribution in [1.29, 1.82) is 0 Å². The zero-order valence-corrected chi connectivity index (χ0v) is 19.3. The smallest absolute Gasteiger partial charge is 0.329 e. The molecule has 0 bridgehead atoms. The third-order valence-corrected chi connectivity index (χ3v) is 7.26. The van der Waals surface area contributed by atoms with Crippen molar-refractivity contribution in [1.82, 2.24) is 9.78 Å². The molecule has 1 heterocycles. The minimum atomic E-state index is -0.886. The molecule has 33 heavy (non-hydrogen) atoms. The van der Waals surface area contributed by atoms with E-state index in [4.69, 9.17) is 14.9 Å². The van der Waals surface area contributed by atoms with Crippen molar-refractivity contribution in [2.45, 2.75) is 63.8 Å². The zero-order valence-electron chi connectivity index (χ0n) is 19.3. The van der Waals surface area contributed by atoms with Crippen molar-refractivity contribution < 1.29 is 14.6 Å². The van der Waals surface area contributed by atoms with E-state index in [1.165, 1.54) is 35.2 Å². The number of allylic oxidation sites excluding steroid dienone is 4. The van der Waals surface area contributed by atoms with Crippen LogP contribution >= 0.6 is 0 Å².